The standard InChI is InChI=1S/C11H7F3N2O/c12-11(13,14)8-3-1-2-7(4-8)10-15-5-9(17)6-16-10/h1-6,17H. The second-order valence-electron chi connectivity index (χ2n) is 3.34. The Balaban J connectivity index is 2.43. The fourth-order valence-corrected chi connectivity index (χ4v) is 1.30. The van der Waals surface area contributed by atoms with Crippen molar-refractivity contribution in [3.05, 3.63) is 42.2 Å². The third kappa shape index (κ3) is 2.52. The minimum absolute atomic E-state index is 0.133. The van der Waals surface area contributed by atoms with Crippen molar-refractivity contribution in [2.24, 2.45) is 0 Å². The molecule has 0 spiro atoms. The summed E-state index contributed by atoms with van der Waals surface area (Å²) in [4.78, 5) is 7.49. The molecule has 0 aliphatic carbocycles. The Hall–Kier alpha value is -2.11. The molecule has 3 nitrogen and oxygen atoms in total. The third-order valence-electron chi connectivity index (χ3n) is 2.09. The molecule has 2 aromatic rings. The van der Waals surface area contributed by atoms with E-state index in [0.717, 1.165) is 24.5 Å². The zero-order chi connectivity index (χ0) is 12.5. The van der Waals surface area contributed by atoms with Gasteiger partial charge in [0, 0.05) is 5.56 Å². The molecule has 1 N–H and O–H groups in total. The van der Waals surface area contributed by atoms with Gasteiger partial charge in [-0.15, -0.1) is 0 Å². The van der Waals surface area contributed by atoms with Crippen molar-refractivity contribution in [2.75, 3.05) is 0 Å². The van der Waals surface area contributed by atoms with Crippen LogP contribution in [0.3, 0.4) is 0 Å². The number of aromatic hydroxyl groups is 1. The van der Waals surface area contributed by atoms with Crippen LogP contribution >= 0.6 is 0 Å². The average molecular weight is 240 g/mol. The van der Waals surface area contributed by atoms with Crippen molar-refractivity contribution in [3.8, 4) is 17.1 Å². The maximum Gasteiger partial charge on any atom is 0.416 e. The largest absolute Gasteiger partial charge is 0.505 e. The number of rotatable bonds is 1. The number of nitrogens with zero attached hydrogens (tertiary/aromatic N) is 2. The van der Waals surface area contributed by atoms with E-state index in [-0.39, 0.29) is 17.1 Å². The SMILES string of the molecule is Oc1cnc(-c2cccc(C(F)(F)F)c2)nc1. The quantitative estimate of drug-likeness (QED) is 0.833. The predicted octanol–water partition coefficient (Wildman–Crippen LogP) is 2.87. The summed E-state index contributed by atoms with van der Waals surface area (Å²) in [6.45, 7) is 0. The molecular weight excluding hydrogens is 233 g/mol. The number of halogens is 3. The molecular formula is C11H7F3N2O. The molecule has 0 atom stereocenters. The van der Waals surface area contributed by atoms with E-state index in [1.54, 1.807) is 0 Å². The highest BCUT2D eigenvalue weighted by atomic mass is 19.4. The summed E-state index contributed by atoms with van der Waals surface area (Å²) in [5, 5.41) is 8.98. The maximum atomic E-state index is 12.5. The molecule has 1 heterocycles. The molecule has 0 aliphatic rings. The number of alkyl halides is 3. The van der Waals surface area contributed by atoms with Crippen molar-refractivity contribution in [2.45, 2.75) is 6.18 Å². The summed E-state index contributed by atoms with van der Waals surface area (Å²) in [6.07, 6.45) is -2.14. The lowest BCUT2D eigenvalue weighted by Crippen LogP contribution is -2.04. The Morgan fingerprint density at radius 1 is 1.06 bits per heavy atom. The van der Waals surface area contributed by atoms with E-state index in [1.165, 1.54) is 12.1 Å². The zero-order valence-electron chi connectivity index (χ0n) is 8.44. The molecule has 0 aliphatic heterocycles. The van der Waals surface area contributed by atoms with Gasteiger partial charge in [0.1, 0.15) is 0 Å². The van der Waals surface area contributed by atoms with Gasteiger partial charge in [0.05, 0.1) is 18.0 Å². The monoisotopic (exact) mass is 240 g/mol. The van der Waals surface area contributed by atoms with Gasteiger partial charge in [-0.25, -0.2) is 9.97 Å². The van der Waals surface area contributed by atoms with Gasteiger partial charge >= 0.3 is 6.18 Å². The first-order valence-electron chi connectivity index (χ1n) is 4.65. The van der Waals surface area contributed by atoms with E-state index < -0.39 is 11.7 Å². The maximum absolute atomic E-state index is 12.5. The zero-order valence-corrected chi connectivity index (χ0v) is 8.44. The molecule has 1 aromatic heterocycles. The predicted molar refractivity (Wildman–Crippen MR) is 54.1 cm³/mol. The Bertz CT molecular complexity index is 523. The summed E-state index contributed by atoms with van der Waals surface area (Å²) in [6, 6.07) is 4.70. The Kier molecular flexibility index (Phi) is 2.71. The molecule has 0 bridgehead atoms. The van der Waals surface area contributed by atoms with E-state index in [4.69, 9.17) is 5.11 Å². The normalized spacial score (nSPS) is 11.5. The van der Waals surface area contributed by atoms with Gasteiger partial charge < -0.3 is 5.11 Å². The van der Waals surface area contributed by atoms with Crippen LogP contribution in [-0.2, 0) is 6.18 Å². The van der Waals surface area contributed by atoms with E-state index >= 15 is 0 Å². The molecule has 1 aromatic carbocycles. The van der Waals surface area contributed by atoms with Crippen molar-refractivity contribution < 1.29 is 18.3 Å². The summed E-state index contributed by atoms with van der Waals surface area (Å²) >= 11 is 0. The van der Waals surface area contributed by atoms with Gasteiger partial charge in [-0.3, -0.25) is 0 Å². The summed E-state index contributed by atoms with van der Waals surface area (Å²) < 4.78 is 37.4. The lowest BCUT2D eigenvalue weighted by Gasteiger charge is -2.07. The van der Waals surface area contributed by atoms with Gasteiger partial charge in [-0.2, -0.15) is 13.2 Å². The van der Waals surface area contributed by atoms with Gasteiger partial charge in [0.15, 0.2) is 11.6 Å². The molecule has 0 fully saturated rings. The molecule has 6 heteroatoms. The van der Waals surface area contributed by atoms with E-state index in [1.807, 2.05) is 0 Å². The van der Waals surface area contributed by atoms with Crippen molar-refractivity contribution in [1.82, 2.24) is 9.97 Å². The fourth-order valence-electron chi connectivity index (χ4n) is 1.30. The average Bonchev–Trinajstić information content (AvgIpc) is 2.29. The van der Waals surface area contributed by atoms with Crippen molar-refractivity contribution in [3.63, 3.8) is 0 Å². The molecule has 0 amide bonds. The summed E-state index contributed by atoms with van der Waals surface area (Å²) in [7, 11) is 0. The van der Waals surface area contributed by atoms with Gasteiger partial charge in [0.25, 0.3) is 0 Å². The Labute approximate surface area is 94.6 Å². The van der Waals surface area contributed by atoms with E-state index in [2.05, 4.69) is 9.97 Å². The number of hydrogen-bond donors (Lipinski definition) is 1. The van der Waals surface area contributed by atoms with Gasteiger partial charge in [-0.05, 0) is 12.1 Å². The fraction of sp³-hybridized carbons (Fsp3) is 0.0909. The second-order valence-corrected chi connectivity index (χ2v) is 3.34. The molecule has 0 saturated heterocycles. The molecule has 0 unspecified atom stereocenters. The lowest BCUT2D eigenvalue weighted by atomic mass is 10.1. The van der Waals surface area contributed by atoms with Crippen LogP contribution in [0, 0.1) is 0 Å². The highest BCUT2D eigenvalue weighted by Gasteiger charge is 2.30. The first-order valence-corrected chi connectivity index (χ1v) is 4.65. The molecule has 0 radical (unpaired) electrons. The Morgan fingerprint density at radius 2 is 1.71 bits per heavy atom. The van der Waals surface area contributed by atoms with Crippen molar-refractivity contribution in [1.29, 1.82) is 0 Å². The highest BCUT2D eigenvalue weighted by molar-refractivity contribution is 5.56. The molecule has 2 rings (SSSR count). The first kappa shape index (κ1) is 11.4. The van der Waals surface area contributed by atoms with Crippen LogP contribution in [0.25, 0.3) is 11.4 Å². The number of benzene rings is 1. The molecule has 0 saturated carbocycles. The van der Waals surface area contributed by atoms with Crippen molar-refractivity contribution >= 4 is 0 Å². The van der Waals surface area contributed by atoms with Gasteiger partial charge in [-0.1, -0.05) is 12.1 Å². The minimum Gasteiger partial charge on any atom is -0.505 e. The summed E-state index contributed by atoms with van der Waals surface area (Å²) in [5.74, 6) is -0.00498. The second kappa shape index (κ2) is 4.04. The topological polar surface area (TPSA) is 46.0 Å². The van der Waals surface area contributed by atoms with Crippen LogP contribution < -0.4 is 0 Å². The molecule has 17 heavy (non-hydrogen) atoms. The summed E-state index contributed by atoms with van der Waals surface area (Å²) in [5.41, 5.74) is -0.508. The molecule has 88 valence electrons. The number of aromatic nitrogens is 2. The third-order valence-corrected chi connectivity index (χ3v) is 2.09. The lowest BCUT2D eigenvalue weighted by molar-refractivity contribution is -0.137. The van der Waals surface area contributed by atoms with E-state index in [9.17, 15) is 13.2 Å². The van der Waals surface area contributed by atoms with Crippen LogP contribution in [-0.4, -0.2) is 15.1 Å². The van der Waals surface area contributed by atoms with Crippen LogP contribution in [0.5, 0.6) is 5.75 Å². The minimum atomic E-state index is -4.40. The van der Waals surface area contributed by atoms with Crippen LogP contribution in [0.1, 0.15) is 5.56 Å². The first-order chi connectivity index (χ1) is 7.97. The Morgan fingerprint density at radius 3 is 2.29 bits per heavy atom. The van der Waals surface area contributed by atoms with Crippen LogP contribution in [0.15, 0.2) is 36.7 Å². The van der Waals surface area contributed by atoms with E-state index in [0.29, 0.717) is 0 Å². The van der Waals surface area contributed by atoms with Crippen LogP contribution in [0.4, 0.5) is 13.2 Å². The van der Waals surface area contributed by atoms with Crippen LogP contribution in [0.2, 0.25) is 0 Å². The number of hydrogen-bond acceptors (Lipinski definition) is 3. The highest BCUT2D eigenvalue weighted by Crippen LogP contribution is 2.31. The van der Waals surface area contributed by atoms with Gasteiger partial charge in [0.2, 0.25) is 0 Å². The smallest absolute Gasteiger partial charge is 0.416 e.